The minimum Gasteiger partial charge on any atom is -0.494 e. The number of piperidine rings is 1. The molecule has 1 aliphatic rings. The van der Waals surface area contributed by atoms with Crippen LogP contribution in [-0.4, -0.2) is 40.1 Å². The molecule has 8 heteroatoms. The van der Waals surface area contributed by atoms with Crippen molar-refractivity contribution >= 4 is 28.6 Å². The smallest absolute Gasteiger partial charge is 0.295 e. The van der Waals surface area contributed by atoms with Crippen molar-refractivity contribution in [1.29, 1.82) is 0 Å². The molecular weight excluding hydrogens is 466 g/mol. The molecule has 3 heterocycles. The number of rotatable bonds is 7. The standard InChI is InChI=1S/C29H31N5O3/c1-3-37-24-14-12-23(13-15-24)31-28(35)22-6-5-17-33(19-22)27-29(36)34(18-21-10-8-20(2)9-11-21)26-25(32-27)7-4-16-30-26/h4,7-16,22H,3,5-6,17-19H2,1-2H3,(H,31,35)/t22-/m0/s1. The first kappa shape index (κ1) is 24.5. The van der Waals surface area contributed by atoms with Crippen LogP contribution in [0.1, 0.15) is 30.9 Å². The lowest BCUT2D eigenvalue weighted by atomic mass is 9.97. The predicted molar refractivity (Wildman–Crippen MR) is 145 cm³/mol. The first-order valence-corrected chi connectivity index (χ1v) is 12.7. The molecule has 2 aromatic heterocycles. The number of benzene rings is 2. The van der Waals surface area contributed by atoms with Gasteiger partial charge in [0.1, 0.15) is 11.3 Å². The summed E-state index contributed by atoms with van der Waals surface area (Å²) < 4.78 is 7.16. The summed E-state index contributed by atoms with van der Waals surface area (Å²) in [5.74, 6) is 0.822. The molecule has 1 saturated heterocycles. The molecule has 0 radical (unpaired) electrons. The van der Waals surface area contributed by atoms with E-state index in [0.29, 0.717) is 43.2 Å². The van der Waals surface area contributed by atoms with Crippen LogP contribution in [0, 0.1) is 12.8 Å². The van der Waals surface area contributed by atoms with Crippen molar-refractivity contribution in [2.75, 3.05) is 29.9 Å². The lowest BCUT2D eigenvalue weighted by Gasteiger charge is -2.32. The average molecular weight is 498 g/mol. The van der Waals surface area contributed by atoms with Gasteiger partial charge in [0, 0.05) is 25.0 Å². The first-order chi connectivity index (χ1) is 18.0. The third-order valence-corrected chi connectivity index (χ3v) is 6.67. The Morgan fingerprint density at radius 1 is 1.11 bits per heavy atom. The number of carbonyl (C=O) groups is 1. The fourth-order valence-electron chi connectivity index (χ4n) is 4.72. The maximum absolute atomic E-state index is 13.7. The number of fused-ring (bicyclic) bond motifs is 1. The molecule has 0 spiro atoms. The minimum absolute atomic E-state index is 0.0590. The Balaban J connectivity index is 1.39. The Bertz CT molecular complexity index is 1450. The number of pyridine rings is 1. The van der Waals surface area contributed by atoms with E-state index in [1.807, 2.05) is 79.4 Å². The summed E-state index contributed by atoms with van der Waals surface area (Å²) in [5.41, 5.74) is 3.92. The maximum atomic E-state index is 13.7. The highest BCUT2D eigenvalue weighted by molar-refractivity contribution is 5.93. The molecule has 37 heavy (non-hydrogen) atoms. The van der Waals surface area contributed by atoms with Crippen LogP contribution in [0.4, 0.5) is 11.5 Å². The summed E-state index contributed by atoms with van der Waals surface area (Å²) in [4.78, 5) is 37.9. The van der Waals surface area contributed by atoms with Gasteiger partial charge in [-0.2, -0.15) is 0 Å². The Morgan fingerprint density at radius 2 is 1.89 bits per heavy atom. The Labute approximate surface area is 215 Å². The van der Waals surface area contributed by atoms with E-state index in [9.17, 15) is 9.59 Å². The van der Waals surface area contributed by atoms with Crippen LogP contribution in [0.25, 0.3) is 11.2 Å². The van der Waals surface area contributed by atoms with Crippen molar-refractivity contribution in [3.63, 3.8) is 0 Å². The van der Waals surface area contributed by atoms with Gasteiger partial charge in [-0.15, -0.1) is 0 Å². The predicted octanol–water partition coefficient (Wildman–Crippen LogP) is 4.40. The molecule has 0 saturated carbocycles. The zero-order valence-corrected chi connectivity index (χ0v) is 21.2. The number of anilines is 2. The normalized spacial score (nSPS) is 15.5. The van der Waals surface area contributed by atoms with Gasteiger partial charge in [0.15, 0.2) is 11.5 Å². The molecule has 8 nitrogen and oxygen atoms in total. The molecule has 4 aromatic rings. The number of aromatic nitrogens is 3. The number of hydrogen-bond donors (Lipinski definition) is 1. The van der Waals surface area contributed by atoms with Crippen molar-refractivity contribution in [3.05, 3.63) is 88.3 Å². The third kappa shape index (κ3) is 5.48. The maximum Gasteiger partial charge on any atom is 0.295 e. The average Bonchev–Trinajstić information content (AvgIpc) is 2.92. The van der Waals surface area contributed by atoms with Crippen molar-refractivity contribution in [3.8, 4) is 5.75 Å². The summed E-state index contributed by atoms with van der Waals surface area (Å²) in [6.07, 6.45) is 3.23. The molecule has 190 valence electrons. The number of nitrogens with one attached hydrogen (secondary N) is 1. The second-order valence-corrected chi connectivity index (χ2v) is 9.39. The quantitative estimate of drug-likeness (QED) is 0.407. The van der Waals surface area contributed by atoms with E-state index in [2.05, 4.69) is 10.3 Å². The van der Waals surface area contributed by atoms with Crippen LogP contribution < -0.4 is 20.5 Å². The van der Waals surface area contributed by atoms with Crippen molar-refractivity contribution in [1.82, 2.24) is 14.5 Å². The lowest BCUT2D eigenvalue weighted by Crippen LogP contribution is -2.44. The zero-order chi connectivity index (χ0) is 25.8. The Hall–Kier alpha value is -4.20. The molecule has 0 bridgehead atoms. The van der Waals surface area contributed by atoms with E-state index in [0.717, 1.165) is 35.4 Å². The van der Waals surface area contributed by atoms with Crippen LogP contribution in [0.3, 0.4) is 0 Å². The van der Waals surface area contributed by atoms with Crippen LogP contribution in [-0.2, 0) is 11.3 Å². The van der Waals surface area contributed by atoms with E-state index >= 15 is 0 Å². The number of ether oxygens (including phenoxy) is 1. The Morgan fingerprint density at radius 3 is 2.65 bits per heavy atom. The highest BCUT2D eigenvalue weighted by atomic mass is 16.5. The lowest BCUT2D eigenvalue weighted by molar-refractivity contribution is -0.120. The van der Waals surface area contributed by atoms with Crippen molar-refractivity contribution in [2.24, 2.45) is 5.92 Å². The van der Waals surface area contributed by atoms with Crippen LogP contribution >= 0.6 is 0 Å². The molecule has 1 aliphatic heterocycles. The van der Waals surface area contributed by atoms with Gasteiger partial charge >= 0.3 is 0 Å². The Kier molecular flexibility index (Phi) is 7.16. The first-order valence-electron chi connectivity index (χ1n) is 12.7. The van der Waals surface area contributed by atoms with Gasteiger partial charge in [-0.25, -0.2) is 9.97 Å². The summed E-state index contributed by atoms with van der Waals surface area (Å²) in [6, 6.07) is 19.2. The molecule has 1 atom stereocenters. The zero-order valence-electron chi connectivity index (χ0n) is 21.2. The number of amides is 1. The number of nitrogens with zero attached hydrogens (tertiary/aromatic N) is 4. The van der Waals surface area contributed by atoms with Crippen LogP contribution in [0.15, 0.2) is 71.7 Å². The summed E-state index contributed by atoms with van der Waals surface area (Å²) in [5, 5.41) is 3.01. The van der Waals surface area contributed by atoms with E-state index in [4.69, 9.17) is 9.72 Å². The van der Waals surface area contributed by atoms with E-state index in [1.54, 1.807) is 10.8 Å². The molecule has 0 unspecified atom stereocenters. The van der Waals surface area contributed by atoms with Gasteiger partial charge in [-0.05, 0) is 68.7 Å². The van der Waals surface area contributed by atoms with Gasteiger partial charge in [0.25, 0.3) is 5.56 Å². The van der Waals surface area contributed by atoms with E-state index in [-0.39, 0.29) is 17.4 Å². The minimum atomic E-state index is -0.253. The van der Waals surface area contributed by atoms with Crippen LogP contribution in [0.2, 0.25) is 0 Å². The summed E-state index contributed by atoms with van der Waals surface area (Å²) in [7, 11) is 0. The van der Waals surface area contributed by atoms with Crippen molar-refractivity contribution in [2.45, 2.75) is 33.2 Å². The van der Waals surface area contributed by atoms with Crippen LogP contribution in [0.5, 0.6) is 5.75 Å². The summed E-state index contributed by atoms with van der Waals surface area (Å²) >= 11 is 0. The second-order valence-electron chi connectivity index (χ2n) is 9.39. The SMILES string of the molecule is CCOc1ccc(NC(=O)[C@H]2CCCN(c3nc4cccnc4n(Cc4ccc(C)cc4)c3=O)C2)cc1. The second kappa shape index (κ2) is 10.8. The van der Waals surface area contributed by atoms with Gasteiger partial charge in [-0.1, -0.05) is 29.8 Å². The third-order valence-electron chi connectivity index (χ3n) is 6.67. The topological polar surface area (TPSA) is 89.3 Å². The molecule has 1 N–H and O–H groups in total. The molecule has 1 amide bonds. The number of aryl methyl sites for hydroxylation is 1. The summed E-state index contributed by atoms with van der Waals surface area (Å²) in [6.45, 7) is 6.07. The largest absolute Gasteiger partial charge is 0.494 e. The van der Waals surface area contributed by atoms with Gasteiger partial charge < -0.3 is 15.0 Å². The monoisotopic (exact) mass is 497 g/mol. The molecule has 5 rings (SSSR count). The molecular formula is C29H31N5O3. The van der Waals surface area contributed by atoms with Gasteiger partial charge in [-0.3, -0.25) is 14.2 Å². The molecule has 1 fully saturated rings. The van der Waals surface area contributed by atoms with E-state index < -0.39 is 0 Å². The fourth-order valence-corrected chi connectivity index (χ4v) is 4.72. The molecule has 2 aromatic carbocycles. The highest BCUT2D eigenvalue weighted by Crippen LogP contribution is 2.24. The fraction of sp³-hybridized carbons (Fsp3) is 0.310. The number of hydrogen-bond acceptors (Lipinski definition) is 6. The molecule has 0 aliphatic carbocycles. The number of carbonyl (C=O) groups excluding carboxylic acids is 1. The van der Waals surface area contributed by atoms with Gasteiger partial charge in [0.2, 0.25) is 5.91 Å². The van der Waals surface area contributed by atoms with Crippen molar-refractivity contribution < 1.29 is 9.53 Å². The van der Waals surface area contributed by atoms with Gasteiger partial charge in [0.05, 0.1) is 19.1 Å². The highest BCUT2D eigenvalue weighted by Gasteiger charge is 2.29. The van der Waals surface area contributed by atoms with E-state index in [1.165, 1.54) is 0 Å².